The zero-order chi connectivity index (χ0) is 10.7. The van der Waals surface area contributed by atoms with E-state index in [9.17, 15) is 0 Å². The largest absolute Gasteiger partial charge is 0.331 e. The molecule has 1 aromatic rings. The zero-order valence-corrected chi connectivity index (χ0v) is 8.70. The van der Waals surface area contributed by atoms with Crippen molar-refractivity contribution in [1.29, 1.82) is 5.26 Å². The van der Waals surface area contributed by atoms with Crippen LogP contribution in [0, 0.1) is 18.3 Å². The predicted molar refractivity (Wildman–Crippen MR) is 56.3 cm³/mol. The topological polar surface area (TPSA) is 41.6 Å². The van der Waals surface area contributed by atoms with Crippen LogP contribution >= 0.6 is 0 Å². The van der Waals surface area contributed by atoms with Gasteiger partial charge in [-0.15, -0.1) is 0 Å². The van der Waals surface area contributed by atoms with Gasteiger partial charge in [0.2, 0.25) is 0 Å². The van der Waals surface area contributed by atoms with Crippen molar-refractivity contribution in [2.45, 2.75) is 13.8 Å². The lowest BCUT2D eigenvalue weighted by atomic mass is 10.1. The molecule has 0 bridgehead atoms. The maximum atomic E-state index is 8.81. The molecule has 0 unspecified atom stereocenters. The van der Waals surface area contributed by atoms with Gasteiger partial charge in [0.1, 0.15) is 5.82 Å². The number of allylic oxidation sites excluding steroid dienone is 3. The molecule has 0 fully saturated rings. The van der Waals surface area contributed by atoms with Crippen LogP contribution in [0.15, 0.2) is 24.4 Å². The molecular formula is C11H13N3. The van der Waals surface area contributed by atoms with Crippen LogP contribution in [0.2, 0.25) is 0 Å². The molecule has 14 heavy (non-hydrogen) atoms. The van der Waals surface area contributed by atoms with Gasteiger partial charge in [-0.25, -0.2) is 4.98 Å². The average Bonchev–Trinajstić information content (AvgIpc) is 2.50. The Kier molecular flexibility index (Phi) is 2.88. The zero-order valence-electron chi connectivity index (χ0n) is 8.70. The highest BCUT2D eigenvalue weighted by atomic mass is 15.0. The van der Waals surface area contributed by atoms with Gasteiger partial charge in [-0.05, 0) is 13.8 Å². The van der Waals surface area contributed by atoms with Crippen LogP contribution in [-0.2, 0) is 7.05 Å². The van der Waals surface area contributed by atoms with E-state index in [1.165, 1.54) is 0 Å². The van der Waals surface area contributed by atoms with E-state index in [4.69, 9.17) is 5.26 Å². The highest BCUT2D eigenvalue weighted by Crippen LogP contribution is 2.19. The summed E-state index contributed by atoms with van der Waals surface area (Å²) in [5.41, 5.74) is 2.43. The number of hydrogen-bond acceptors (Lipinski definition) is 2. The van der Waals surface area contributed by atoms with Gasteiger partial charge in [0.15, 0.2) is 0 Å². The van der Waals surface area contributed by atoms with Gasteiger partial charge < -0.3 is 4.57 Å². The fourth-order valence-corrected chi connectivity index (χ4v) is 1.26. The highest BCUT2D eigenvalue weighted by Gasteiger charge is 2.08. The Hall–Kier alpha value is -1.82. The Labute approximate surface area is 84.0 Å². The number of hydrogen-bond donors (Lipinski definition) is 0. The average molecular weight is 187 g/mol. The lowest BCUT2D eigenvalue weighted by molar-refractivity contribution is 0.846. The van der Waals surface area contributed by atoms with Crippen LogP contribution in [-0.4, -0.2) is 9.55 Å². The smallest absolute Gasteiger partial charge is 0.105 e. The molecule has 0 atom stereocenters. The number of aromatic nitrogens is 2. The number of aryl methyl sites for hydroxylation is 1. The third kappa shape index (κ3) is 1.60. The first-order valence-electron chi connectivity index (χ1n) is 4.34. The van der Waals surface area contributed by atoms with E-state index >= 15 is 0 Å². The number of imidazole rings is 1. The number of rotatable bonds is 2. The van der Waals surface area contributed by atoms with E-state index in [0.29, 0.717) is 5.57 Å². The Balaban J connectivity index is 3.36. The van der Waals surface area contributed by atoms with Gasteiger partial charge in [0, 0.05) is 18.2 Å². The molecule has 0 saturated carbocycles. The molecule has 1 rings (SSSR count). The normalized spacial score (nSPS) is 11.9. The Morgan fingerprint density at radius 1 is 1.71 bits per heavy atom. The van der Waals surface area contributed by atoms with Crippen molar-refractivity contribution >= 4 is 5.57 Å². The molecule has 0 aliphatic carbocycles. The maximum Gasteiger partial charge on any atom is 0.105 e. The first-order valence-corrected chi connectivity index (χ1v) is 4.34. The Bertz CT molecular complexity index is 430. The third-order valence-electron chi connectivity index (χ3n) is 2.27. The molecule has 3 nitrogen and oxygen atoms in total. The van der Waals surface area contributed by atoms with E-state index in [1.54, 1.807) is 19.2 Å². The van der Waals surface area contributed by atoms with Crippen molar-refractivity contribution < 1.29 is 0 Å². The van der Waals surface area contributed by atoms with Crippen molar-refractivity contribution in [1.82, 2.24) is 9.55 Å². The van der Waals surface area contributed by atoms with Crippen LogP contribution < -0.4 is 0 Å². The van der Waals surface area contributed by atoms with E-state index in [2.05, 4.69) is 17.6 Å². The van der Waals surface area contributed by atoms with Crippen molar-refractivity contribution in [3.63, 3.8) is 0 Å². The molecule has 1 aromatic heterocycles. The van der Waals surface area contributed by atoms with Crippen molar-refractivity contribution in [3.05, 3.63) is 35.9 Å². The Morgan fingerprint density at radius 2 is 2.36 bits per heavy atom. The van der Waals surface area contributed by atoms with E-state index < -0.39 is 0 Å². The number of nitrogens with zero attached hydrogens (tertiary/aromatic N) is 3. The lowest BCUT2D eigenvalue weighted by Crippen LogP contribution is -1.97. The minimum atomic E-state index is 0.656. The van der Waals surface area contributed by atoms with E-state index in [0.717, 1.165) is 17.1 Å². The van der Waals surface area contributed by atoms with E-state index in [-0.39, 0.29) is 0 Å². The summed E-state index contributed by atoms with van der Waals surface area (Å²) in [6, 6.07) is 2.12. The first kappa shape index (κ1) is 10.3. The maximum absolute atomic E-state index is 8.81. The molecule has 3 heteroatoms. The second kappa shape index (κ2) is 3.93. The summed E-state index contributed by atoms with van der Waals surface area (Å²) in [7, 11) is 1.92. The second-order valence-electron chi connectivity index (χ2n) is 3.10. The summed E-state index contributed by atoms with van der Waals surface area (Å²) in [5, 5.41) is 8.81. The highest BCUT2D eigenvalue weighted by molar-refractivity contribution is 5.76. The van der Waals surface area contributed by atoms with Crippen molar-refractivity contribution in [3.8, 4) is 6.07 Å². The molecule has 72 valence electrons. The monoisotopic (exact) mass is 187 g/mol. The third-order valence-corrected chi connectivity index (χ3v) is 2.27. The quantitative estimate of drug-likeness (QED) is 0.526. The first-order chi connectivity index (χ1) is 6.61. The minimum absolute atomic E-state index is 0.656. The summed E-state index contributed by atoms with van der Waals surface area (Å²) >= 11 is 0. The molecule has 0 aromatic carbocycles. The Morgan fingerprint density at radius 3 is 2.71 bits per heavy atom. The molecule has 0 aliphatic heterocycles. The van der Waals surface area contributed by atoms with Gasteiger partial charge in [-0.1, -0.05) is 12.7 Å². The van der Waals surface area contributed by atoms with Gasteiger partial charge in [0.25, 0.3) is 0 Å². The molecular weight excluding hydrogens is 174 g/mol. The lowest BCUT2D eigenvalue weighted by Gasteiger charge is -2.04. The van der Waals surface area contributed by atoms with Crippen LogP contribution in [0.4, 0.5) is 0 Å². The van der Waals surface area contributed by atoms with E-state index in [1.807, 2.05) is 18.5 Å². The molecule has 1 heterocycles. The molecule has 0 spiro atoms. The van der Waals surface area contributed by atoms with Crippen LogP contribution in [0.25, 0.3) is 5.57 Å². The van der Waals surface area contributed by atoms with Crippen molar-refractivity contribution in [2.75, 3.05) is 0 Å². The standard InChI is InChI=1S/C11H13N3/c1-5-10(8(2)6-12)11-7-13-9(3)14(11)4/h5,7H,1H2,2-4H3/b10-8-. The summed E-state index contributed by atoms with van der Waals surface area (Å²) in [6.45, 7) is 7.41. The minimum Gasteiger partial charge on any atom is -0.331 e. The summed E-state index contributed by atoms with van der Waals surface area (Å²) in [5.74, 6) is 0.921. The molecule has 0 radical (unpaired) electrons. The predicted octanol–water partition coefficient (Wildman–Crippen LogP) is 2.21. The molecule has 0 aliphatic rings. The summed E-state index contributed by atoms with van der Waals surface area (Å²) < 4.78 is 1.94. The second-order valence-corrected chi connectivity index (χ2v) is 3.10. The van der Waals surface area contributed by atoms with Crippen molar-refractivity contribution in [2.24, 2.45) is 7.05 Å². The fraction of sp³-hybridized carbons (Fsp3) is 0.273. The molecule has 0 amide bonds. The SMILES string of the molecule is C=C/C(=C(\C)C#N)c1cnc(C)n1C. The van der Waals surface area contributed by atoms with Gasteiger partial charge in [0.05, 0.1) is 18.0 Å². The molecule has 0 saturated heterocycles. The summed E-state index contributed by atoms with van der Waals surface area (Å²) in [6.07, 6.45) is 3.45. The van der Waals surface area contributed by atoms with Crippen LogP contribution in [0.1, 0.15) is 18.4 Å². The number of nitriles is 1. The van der Waals surface area contributed by atoms with Gasteiger partial charge >= 0.3 is 0 Å². The van der Waals surface area contributed by atoms with Gasteiger partial charge in [-0.3, -0.25) is 0 Å². The van der Waals surface area contributed by atoms with Crippen LogP contribution in [0.5, 0.6) is 0 Å². The van der Waals surface area contributed by atoms with Crippen LogP contribution in [0.3, 0.4) is 0 Å². The molecule has 0 N–H and O–H groups in total. The van der Waals surface area contributed by atoms with Gasteiger partial charge in [-0.2, -0.15) is 5.26 Å². The fourth-order valence-electron chi connectivity index (χ4n) is 1.26. The summed E-state index contributed by atoms with van der Waals surface area (Å²) in [4.78, 5) is 4.17.